The molecule has 2 aromatic rings. The Labute approximate surface area is 153 Å². The Balaban J connectivity index is 1.48. The van der Waals surface area contributed by atoms with E-state index >= 15 is 0 Å². The van der Waals surface area contributed by atoms with Crippen molar-refractivity contribution in [2.24, 2.45) is 5.41 Å². The van der Waals surface area contributed by atoms with Gasteiger partial charge in [-0.1, -0.05) is 18.2 Å². The third-order valence-corrected chi connectivity index (χ3v) is 4.63. The van der Waals surface area contributed by atoms with Crippen molar-refractivity contribution < 1.29 is 14.3 Å². The van der Waals surface area contributed by atoms with E-state index in [1.165, 1.54) is 0 Å². The highest BCUT2D eigenvalue weighted by Gasteiger charge is 2.56. The first-order chi connectivity index (χ1) is 12.6. The lowest BCUT2D eigenvalue weighted by atomic mass is 10.0. The normalized spacial score (nSPS) is 14.3. The van der Waals surface area contributed by atoms with Gasteiger partial charge in [0.2, 0.25) is 11.8 Å². The number of methoxy groups -OCH3 is 1. The van der Waals surface area contributed by atoms with E-state index in [4.69, 9.17) is 4.74 Å². The molecule has 1 fully saturated rings. The SMILES string of the molecule is COc1cccc(CCNC(=O)C2(C(=O)NCc3cccnc3)CC2)c1. The molecule has 6 heteroatoms. The molecule has 26 heavy (non-hydrogen) atoms. The second kappa shape index (κ2) is 7.99. The minimum Gasteiger partial charge on any atom is -0.497 e. The standard InChI is InChI=1S/C20H23N3O3/c1-26-17-6-2-4-15(12-17)7-11-22-18(24)20(8-9-20)19(25)23-14-16-5-3-10-21-13-16/h2-6,10,12-13H,7-9,11,14H2,1H3,(H,22,24)(H,23,25). The number of hydrogen-bond donors (Lipinski definition) is 2. The summed E-state index contributed by atoms with van der Waals surface area (Å²) in [4.78, 5) is 29.0. The molecule has 136 valence electrons. The Bertz CT molecular complexity index is 773. The Morgan fingerprint density at radius 1 is 1.12 bits per heavy atom. The molecule has 1 aromatic carbocycles. The summed E-state index contributed by atoms with van der Waals surface area (Å²) in [6, 6.07) is 11.4. The van der Waals surface area contributed by atoms with Gasteiger partial charge in [-0.2, -0.15) is 0 Å². The molecule has 2 amide bonds. The van der Waals surface area contributed by atoms with Crippen molar-refractivity contribution in [2.45, 2.75) is 25.8 Å². The number of amides is 2. The molecule has 0 bridgehead atoms. The molecule has 0 spiro atoms. The van der Waals surface area contributed by atoms with Crippen LogP contribution in [0.1, 0.15) is 24.0 Å². The van der Waals surface area contributed by atoms with Crippen LogP contribution in [0.3, 0.4) is 0 Å². The van der Waals surface area contributed by atoms with Crippen molar-refractivity contribution in [2.75, 3.05) is 13.7 Å². The van der Waals surface area contributed by atoms with Gasteiger partial charge in [0.1, 0.15) is 11.2 Å². The first-order valence-corrected chi connectivity index (χ1v) is 8.72. The maximum atomic E-state index is 12.5. The number of nitrogens with zero attached hydrogens (tertiary/aromatic N) is 1. The zero-order chi connectivity index (χ0) is 18.4. The van der Waals surface area contributed by atoms with Crippen LogP contribution in [-0.2, 0) is 22.6 Å². The van der Waals surface area contributed by atoms with E-state index in [9.17, 15) is 9.59 Å². The monoisotopic (exact) mass is 353 g/mol. The van der Waals surface area contributed by atoms with Crippen molar-refractivity contribution in [1.29, 1.82) is 0 Å². The summed E-state index contributed by atoms with van der Waals surface area (Å²) in [6.45, 7) is 0.870. The highest BCUT2D eigenvalue weighted by atomic mass is 16.5. The molecule has 1 aliphatic carbocycles. The van der Waals surface area contributed by atoms with Crippen LogP contribution in [0.2, 0.25) is 0 Å². The first-order valence-electron chi connectivity index (χ1n) is 8.72. The number of benzene rings is 1. The summed E-state index contributed by atoms with van der Waals surface area (Å²) in [5.74, 6) is 0.395. The topological polar surface area (TPSA) is 80.3 Å². The Morgan fingerprint density at radius 2 is 1.88 bits per heavy atom. The molecule has 1 heterocycles. The molecule has 2 N–H and O–H groups in total. The number of ether oxygens (including phenoxy) is 1. The van der Waals surface area contributed by atoms with E-state index in [0.717, 1.165) is 16.9 Å². The Hall–Kier alpha value is -2.89. The number of rotatable bonds is 8. The fourth-order valence-corrected chi connectivity index (χ4v) is 2.85. The second-order valence-electron chi connectivity index (χ2n) is 6.48. The van der Waals surface area contributed by atoms with Crippen LogP contribution >= 0.6 is 0 Å². The third-order valence-electron chi connectivity index (χ3n) is 4.63. The van der Waals surface area contributed by atoms with Crippen molar-refractivity contribution in [3.05, 3.63) is 59.9 Å². The molecule has 0 atom stereocenters. The number of nitrogens with one attached hydrogen (secondary N) is 2. The highest BCUT2D eigenvalue weighted by molar-refractivity contribution is 6.07. The van der Waals surface area contributed by atoms with Gasteiger partial charge in [0.05, 0.1) is 7.11 Å². The van der Waals surface area contributed by atoms with E-state index in [-0.39, 0.29) is 11.8 Å². The Kier molecular flexibility index (Phi) is 5.51. The Morgan fingerprint density at radius 3 is 2.58 bits per heavy atom. The summed E-state index contributed by atoms with van der Waals surface area (Å²) >= 11 is 0. The van der Waals surface area contributed by atoms with Crippen molar-refractivity contribution in [3.8, 4) is 5.75 Å². The lowest BCUT2D eigenvalue weighted by Crippen LogP contribution is -2.43. The number of pyridine rings is 1. The molecular weight excluding hydrogens is 330 g/mol. The lowest BCUT2D eigenvalue weighted by Gasteiger charge is -2.15. The van der Waals surface area contributed by atoms with Gasteiger partial charge in [-0.25, -0.2) is 0 Å². The molecule has 1 aliphatic rings. The van der Waals surface area contributed by atoms with Crippen LogP contribution in [0.4, 0.5) is 0 Å². The number of aromatic nitrogens is 1. The van der Waals surface area contributed by atoms with Gasteiger partial charge >= 0.3 is 0 Å². The molecule has 3 rings (SSSR count). The predicted molar refractivity (Wildman–Crippen MR) is 97.5 cm³/mol. The molecule has 0 radical (unpaired) electrons. The van der Waals surface area contributed by atoms with E-state index in [2.05, 4.69) is 15.6 Å². The largest absolute Gasteiger partial charge is 0.497 e. The second-order valence-corrected chi connectivity index (χ2v) is 6.48. The van der Waals surface area contributed by atoms with Crippen LogP contribution in [0.25, 0.3) is 0 Å². The zero-order valence-electron chi connectivity index (χ0n) is 14.8. The fourth-order valence-electron chi connectivity index (χ4n) is 2.85. The van der Waals surface area contributed by atoms with Crippen LogP contribution < -0.4 is 15.4 Å². The lowest BCUT2D eigenvalue weighted by molar-refractivity contribution is -0.137. The predicted octanol–water partition coefficient (Wildman–Crippen LogP) is 1.85. The number of hydrogen-bond acceptors (Lipinski definition) is 4. The van der Waals surface area contributed by atoms with Crippen LogP contribution in [-0.4, -0.2) is 30.5 Å². The van der Waals surface area contributed by atoms with Gasteiger partial charge in [-0.05, 0) is 48.6 Å². The van der Waals surface area contributed by atoms with Gasteiger partial charge in [-0.15, -0.1) is 0 Å². The minimum absolute atomic E-state index is 0.191. The van der Waals surface area contributed by atoms with Crippen LogP contribution in [0.5, 0.6) is 5.75 Å². The molecule has 0 aliphatic heterocycles. The van der Waals surface area contributed by atoms with Gasteiger partial charge in [0.15, 0.2) is 0 Å². The quantitative estimate of drug-likeness (QED) is 0.710. The third kappa shape index (κ3) is 4.20. The highest BCUT2D eigenvalue weighted by Crippen LogP contribution is 2.46. The summed E-state index contributed by atoms with van der Waals surface area (Å²) in [6.07, 6.45) is 5.27. The first kappa shape index (κ1) is 17.9. The molecule has 0 saturated heterocycles. The van der Waals surface area contributed by atoms with Gasteiger partial charge in [0, 0.05) is 25.5 Å². The molecule has 1 saturated carbocycles. The van der Waals surface area contributed by atoms with Crippen molar-refractivity contribution in [1.82, 2.24) is 15.6 Å². The van der Waals surface area contributed by atoms with Crippen molar-refractivity contribution >= 4 is 11.8 Å². The smallest absolute Gasteiger partial charge is 0.235 e. The van der Waals surface area contributed by atoms with Crippen molar-refractivity contribution in [3.63, 3.8) is 0 Å². The number of carbonyl (C=O) groups excluding carboxylic acids is 2. The molecule has 1 aromatic heterocycles. The van der Waals surface area contributed by atoms with Crippen LogP contribution in [0, 0.1) is 5.41 Å². The molecule has 6 nitrogen and oxygen atoms in total. The van der Waals surface area contributed by atoms with Gasteiger partial charge in [-0.3, -0.25) is 14.6 Å². The van der Waals surface area contributed by atoms with E-state index in [0.29, 0.717) is 32.4 Å². The van der Waals surface area contributed by atoms with Gasteiger partial charge < -0.3 is 15.4 Å². The average molecular weight is 353 g/mol. The summed E-state index contributed by atoms with van der Waals surface area (Å²) in [5, 5.41) is 5.75. The maximum Gasteiger partial charge on any atom is 0.235 e. The van der Waals surface area contributed by atoms with Gasteiger partial charge in [0.25, 0.3) is 0 Å². The molecular formula is C20H23N3O3. The summed E-state index contributed by atoms with van der Waals surface area (Å²) in [7, 11) is 1.63. The van der Waals surface area contributed by atoms with E-state index in [1.54, 1.807) is 19.5 Å². The number of carbonyl (C=O) groups is 2. The van der Waals surface area contributed by atoms with E-state index in [1.807, 2.05) is 36.4 Å². The summed E-state index contributed by atoms with van der Waals surface area (Å²) in [5.41, 5.74) is 1.09. The summed E-state index contributed by atoms with van der Waals surface area (Å²) < 4.78 is 5.20. The van der Waals surface area contributed by atoms with Crippen LogP contribution in [0.15, 0.2) is 48.8 Å². The minimum atomic E-state index is -0.906. The maximum absolute atomic E-state index is 12.5. The molecule has 0 unspecified atom stereocenters. The van der Waals surface area contributed by atoms with E-state index < -0.39 is 5.41 Å². The average Bonchev–Trinajstić information content (AvgIpc) is 3.49. The zero-order valence-corrected chi connectivity index (χ0v) is 14.8. The fraction of sp³-hybridized carbons (Fsp3) is 0.350.